The van der Waals surface area contributed by atoms with Gasteiger partial charge in [0.25, 0.3) is 0 Å². The second-order valence-corrected chi connectivity index (χ2v) is 4.64. The second kappa shape index (κ2) is 3.93. The lowest BCUT2D eigenvalue weighted by Gasteiger charge is -2.40. The van der Waals surface area contributed by atoms with Gasteiger partial charge in [-0.3, -0.25) is 9.59 Å². The molecule has 0 unspecified atom stereocenters. The predicted molar refractivity (Wildman–Crippen MR) is 52.2 cm³/mol. The van der Waals surface area contributed by atoms with Crippen LogP contribution in [0.1, 0.15) is 32.1 Å². The van der Waals surface area contributed by atoms with Gasteiger partial charge in [0.1, 0.15) is 5.78 Å². The van der Waals surface area contributed by atoms with E-state index >= 15 is 0 Å². The third-order valence-electron chi connectivity index (χ3n) is 3.82. The molecule has 2 N–H and O–H groups in total. The van der Waals surface area contributed by atoms with Crippen LogP contribution in [0, 0.1) is 17.8 Å². The molecule has 4 heteroatoms. The molecule has 0 bridgehead atoms. The Hall–Kier alpha value is -0.900. The molecule has 2 aliphatic rings. The second-order valence-electron chi connectivity index (χ2n) is 4.64. The van der Waals surface area contributed by atoms with Crippen molar-refractivity contribution in [2.75, 3.05) is 0 Å². The van der Waals surface area contributed by atoms with Crippen LogP contribution in [0.2, 0.25) is 0 Å². The molecule has 2 aliphatic carbocycles. The summed E-state index contributed by atoms with van der Waals surface area (Å²) in [7, 11) is 0. The van der Waals surface area contributed by atoms with Crippen molar-refractivity contribution in [1.29, 1.82) is 0 Å². The molecule has 0 aromatic heterocycles. The lowest BCUT2D eigenvalue weighted by atomic mass is 9.64. The zero-order chi connectivity index (χ0) is 11.0. The molecular weight excluding hydrogens is 196 g/mol. The summed E-state index contributed by atoms with van der Waals surface area (Å²) in [6.07, 6.45) is 2.55. The van der Waals surface area contributed by atoms with Crippen LogP contribution in [-0.4, -0.2) is 28.1 Å². The average molecular weight is 212 g/mol. The predicted octanol–water partition coefficient (Wildman–Crippen LogP) is 0.827. The Morgan fingerprint density at radius 1 is 1.27 bits per heavy atom. The molecule has 0 amide bonds. The topological polar surface area (TPSA) is 74.6 Å². The van der Waals surface area contributed by atoms with E-state index in [4.69, 9.17) is 5.11 Å². The third-order valence-corrected chi connectivity index (χ3v) is 3.82. The van der Waals surface area contributed by atoms with Gasteiger partial charge in [-0.05, 0) is 25.2 Å². The molecule has 0 aliphatic heterocycles. The molecule has 2 fully saturated rings. The summed E-state index contributed by atoms with van der Waals surface area (Å²) in [5, 5.41) is 18.8. The smallest absolute Gasteiger partial charge is 0.307 e. The number of carboxylic acid groups (broad SMARTS) is 1. The number of hydrogen-bond donors (Lipinski definition) is 2. The van der Waals surface area contributed by atoms with Gasteiger partial charge in [-0.1, -0.05) is 6.42 Å². The molecular formula is C11H16O4. The van der Waals surface area contributed by atoms with E-state index in [1.54, 1.807) is 0 Å². The first kappa shape index (κ1) is 10.6. The number of aliphatic hydroxyl groups excluding tert-OH is 1. The van der Waals surface area contributed by atoms with E-state index in [2.05, 4.69) is 0 Å². The number of hydrogen-bond acceptors (Lipinski definition) is 3. The highest BCUT2D eigenvalue weighted by Gasteiger charge is 2.46. The highest BCUT2D eigenvalue weighted by molar-refractivity contribution is 5.87. The summed E-state index contributed by atoms with van der Waals surface area (Å²) in [5.41, 5.74) is 0. The van der Waals surface area contributed by atoms with Crippen molar-refractivity contribution < 1.29 is 19.8 Å². The maximum Gasteiger partial charge on any atom is 0.307 e. The normalized spacial score (nSPS) is 41.0. The molecule has 4 atom stereocenters. The van der Waals surface area contributed by atoms with Gasteiger partial charge in [-0.2, -0.15) is 0 Å². The number of carboxylic acids is 1. The van der Waals surface area contributed by atoms with Crippen LogP contribution in [0.15, 0.2) is 0 Å². The number of aliphatic hydroxyl groups is 1. The number of rotatable bonds is 1. The van der Waals surface area contributed by atoms with Crippen molar-refractivity contribution >= 4 is 11.8 Å². The molecule has 0 saturated heterocycles. The molecule has 0 aromatic carbocycles. The lowest BCUT2D eigenvalue weighted by Crippen LogP contribution is -2.46. The summed E-state index contributed by atoms with van der Waals surface area (Å²) in [6, 6.07) is 0. The Bertz CT molecular complexity index is 286. The minimum atomic E-state index is -0.882. The van der Waals surface area contributed by atoms with Gasteiger partial charge in [0.15, 0.2) is 0 Å². The quantitative estimate of drug-likeness (QED) is 0.675. The number of fused-ring (bicyclic) bond motifs is 1. The Morgan fingerprint density at radius 3 is 2.67 bits per heavy atom. The summed E-state index contributed by atoms with van der Waals surface area (Å²) < 4.78 is 0. The van der Waals surface area contributed by atoms with Crippen molar-refractivity contribution in [3.05, 3.63) is 0 Å². The van der Waals surface area contributed by atoms with E-state index in [-0.39, 0.29) is 11.7 Å². The molecule has 2 saturated carbocycles. The molecule has 0 aromatic rings. The van der Waals surface area contributed by atoms with E-state index in [0.29, 0.717) is 19.3 Å². The largest absolute Gasteiger partial charge is 0.481 e. The summed E-state index contributed by atoms with van der Waals surface area (Å²) in [6.45, 7) is 0. The fourth-order valence-corrected chi connectivity index (χ4v) is 3.07. The third kappa shape index (κ3) is 1.78. The van der Waals surface area contributed by atoms with Crippen LogP contribution in [0.3, 0.4) is 0 Å². The van der Waals surface area contributed by atoms with Crippen LogP contribution in [0.4, 0.5) is 0 Å². The average Bonchev–Trinajstić information content (AvgIpc) is 2.23. The summed E-state index contributed by atoms with van der Waals surface area (Å²) in [4.78, 5) is 22.7. The van der Waals surface area contributed by atoms with Crippen molar-refractivity contribution in [3.8, 4) is 0 Å². The SMILES string of the molecule is O=C1CC[C@H](O)[C@H]2CCC[C@@H](C(=O)O)[C@@H]12. The number of carbonyl (C=O) groups is 2. The molecule has 2 rings (SSSR count). The van der Waals surface area contributed by atoms with Crippen LogP contribution in [0.5, 0.6) is 0 Å². The van der Waals surface area contributed by atoms with E-state index < -0.39 is 23.9 Å². The fraction of sp³-hybridized carbons (Fsp3) is 0.818. The Balaban J connectivity index is 2.23. The number of carbonyl (C=O) groups excluding carboxylic acids is 1. The zero-order valence-corrected chi connectivity index (χ0v) is 8.56. The van der Waals surface area contributed by atoms with Crippen LogP contribution < -0.4 is 0 Å². The van der Waals surface area contributed by atoms with E-state index in [1.165, 1.54) is 0 Å². The maximum absolute atomic E-state index is 11.7. The highest BCUT2D eigenvalue weighted by Crippen LogP contribution is 2.42. The minimum absolute atomic E-state index is 0.0393. The van der Waals surface area contributed by atoms with Gasteiger partial charge in [0.05, 0.1) is 12.0 Å². The fourth-order valence-electron chi connectivity index (χ4n) is 3.07. The number of ketones is 1. The van der Waals surface area contributed by atoms with Gasteiger partial charge in [-0.15, -0.1) is 0 Å². The first-order valence-electron chi connectivity index (χ1n) is 5.55. The van der Waals surface area contributed by atoms with Crippen molar-refractivity contribution in [1.82, 2.24) is 0 Å². The van der Waals surface area contributed by atoms with Crippen LogP contribution in [0.25, 0.3) is 0 Å². The van der Waals surface area contributed by atoms with E-state index in [0.717, 1.165) is 12.8 Å². The Kier molecular flexibility index (Phi) is 2.78. The monoisotopic (exact) mass is 212 g/mol. The van der Waals surface area contributed by atoms with E-state index in [1.807, 2.05) is 0 Å². The van der Waals surface area contributed by atoms with Crippen molar-refractivity contribution in [3.63, 3.8) is 0 Å². The van der Waals surface area contributed by atoms with E-state index in [9.17, 15) is 14.7 Å². The van der Waals surface area contributed by atoms with Gasteiger partial charge in [0, 0.05) is 12.3 Å². The van der Waals surface area contributed by atoms with Gasteiger partial charge >= 0.3 is 5.97 Å². The first-order chi connectivity index (χ1) is 7.11. The van der Waals surface area contributed by atoms with Crippen molar-refractivity contribution in [2.45, 2.75) is 38.2 Å². The minimum Gasteiger partial charge on any atom is -0.481 e. The highest BCUT2D eigenvalue weighted by atomic mass is 16.4. The van der Waals surface area contributed by atoms with Crippen LogP contribution in [-0.2, 0) is 9.59 Å². The Morgan fingerprint density at radius 2 is 2.00 bits per heavy atom. The van der Waals surface area contributed by atoms with Gasteiger partial charge in [0.2, 0.25) is 0 Å². The van der Waals surface area contributed by atoms with Crippen LogP contribution >= 0.6 is 0 Å². The van der Waals surface area contributed by atoms with Gasteiger partial charge in [-0.25, -0.2) is 0 Å². The number of aliphatic carboxylic acids is 1. The molecule has 4 nitrogen and oxygen atoms in total. The molecule has 0 radical (unpaired) electrons. The zero-order valence-electron chi connectivity index (χ0n) is 8.56. The van der Waals surface area contributed by atoms with Gasteiger partial charge < -0.3 is 10.2 Å². The molecule has 84 valence electrons. The summed E-state index contributed by atoms with van der Waals surface area (Å²) >= 11 is 0. The number of Topliss-reactive ketones (excluding diaryl/α,β-unsaturated/α-hetero) is 1. The summed E-state index contributed by atoms with van der Waals surface area (Å²) in [5.74, 6) is -1.95. The lowest BCUT2D eigenvalue weighted by molar-refractivity contribution is -0.155. The Labute approximate surface area is 88.3 Å². The first-order valence-corrected chi connectivity index (χ1v) is 5.55. The van der Waals surface area contributed by atoms with Crippen molar-refractivity contribution in [2.24, 2.45) is 17.8 Å². The molecule has 15 heavy (non-hydrogen) atoms. The molecule has 0 spiro atoms. The maximum atomic E-state index is 11.7. The standard InChI is InChI=1S/C11H16O4/c12-8-4-5-9(13)10-6(8)2-1-3-7(10)11(14)15/h6-8,10,12H,1-5H2,(H,14,15)/t6-,7-,8+,10+/m1/s1. The molecule has 0 heterocycles.